The maximum absolute atomic E-state index is 5.79. The molecule has 1 atom stereocenters. The second-order valence-corrected chi connectivity index (χ2v) is 7.14. The highest BCUT2D eigenvalue weighted by molar-refractivity contribution is 4.88. The summed E-state index contributed by atoms with van der Waals surface area (Å²) in [6.45, 7) is 14.5. The quantitative estimate of drug-likeness (QED) is 0.787. The summed E-state index contributed by atoms with van der Waals surface area (Å²) in [4.78, 5) is 2.58. The Morgan fingerprint density at radius 2 is 2.11 bits per heavy atom. The topological polar surface area (TPSA) is 24.5 Å². The molecule has 1 saturated heterocycles. The number of nitrogens with one attached hydrogen (secondary N) is 1. The normalized spacial score (nSPS) is 28.0. The summed E-state index contributed by atoms with van der Waals surface area (Å²) in [6.07, 6.45) is 4.00. The first kappa shape index (κ1) is 14.3. The number of nitrogens with zero attached hydrogens (tertiary/aromatic N) is 1. The molecule has 0 spiro atoms. The molecule has 0 aromatic rings. The fourth-order valence-corrected chi connectivity index (χ4v) is 2.76. The van der Waals surface area contributed by atoms with Crippen LogP contribution >= 0.6 is 0 Å². The highest BCUT2D eigenvalue weighted by atomic mass is 16.5. The van der Waals surface area contributed by atoms with Crippen LogP contribution in [0.15, 0.2) is 0 Å². The van der Waals surface area contributed by atoms with E-state index in [2.05, 4.69) is 37.9 Å². The Kier molecular flexibility index (Phi) is 4.35. The summed E-state index contributed by atoms with van der Waals surface area (Å²) in [6, 6.07) is 0.817. The molecule has 1 N–H and O–H groups in total. The van der Waals surface area contributed by atoms with Crippen molar-refractivity contribution >= 4 is 0 Å². The van der Waals surface area contributed by atoms with E-state index < -0.39 is 0 Å². The summed E-state index contributed by atoms with van der Waals surface area (Å²) in [5, 5.41) is 3.70. The van der Waals surface area contributed by atoms with Crippen molar-refractivity contribution in [2.24, 2.45) is 5.41 Å². The van der Waals surface area contributed by atoms with Gasteiger partial charge in [0.25, 0.3) is 0 Å². The Hall–Kier alpha value is -0.120. The van der Waals surface area contributed by atoms with Crippen molar-refractivity contribution in [1.29, 1.82) is 0 Å². The van der Waals surface area contributed by atoms with E-state index in [9.17, 15) is 0 Å². The lowest BCUT2D eigenvalue weighted by Gasteiger charge is -2.42. The van der Waals surface area contributed by atoms with Crippen LogP contribution in [0.5, 0.6) is 0 Å². The standard InChI is InChI=1S/C15H30N2O/c1-5-15(4,10-16-13-6-7-13)12-17-8-9-18-14(2,3)11-17/h13,16H,5-12H2,1-4H3. The molecule has 0 amide bonds. The SMILES string of the molecule is CCC(C)(CNC1CC1)CN1CCOC(C)(C)C1. The van der Waals surface area contributed by atoms with Crippen LogP contribution in [0.3, 0.4) is 0 Å². The molecule has 1 heterocycles. The van der Waals surface area contributed by atoms with Gasteiger partial charge in [-0.3, -0.25) is 4.90 Å². The first-order valence-electron chi connectivity index (χ1n) is 7.52. The first-order valence-corrected chi connectivity index (χ1v) is 7.52. The minimum Gasteiger partial charge on any atom is -0.373 e. The Labute approximate surface area is 112 Å². The molecule has 3 nitrogen and oxygen atoms in total. The van der Waals surface area contributed by atoms with E-state index in [0.29, 0.717) is 5.41 Å². The number of hydrogen-bond donors (Lipinski definition) is 1. The molecule has 1 aliphatic carbocycles. The van der Waals surface area contributed by atoms with Gasteiger partial charge in [0.15, 0.2) is 0 Å². The molecular formula is C15H30N2O. The fourth-order valence-electron chi connectivity index (χ4n) is 2.76. The molecule has 0 radical (unpaired) electrons. The summed E-state index contributed by atoms with van der Waals surface area (Å²) in [7, 11) is 0. The third-order valence-electron chi connectivity index (χ3n) is 4.36. The van der Waals surface area contributed by atoms with Gasteiger partial charge in [-0.15, -0.1) is 0 Å². The van der Waals surface area contributed by atoms with Crippen LogP contribution < -0.4 is 5.32 Å². The zero-order chi connectivity index (χ0) is 13.2. The number of ether oxygens (including phenoxy) is 1. The van der Waals surface area contributed by atoms with E-state index >= 15 is 0 Å². The number of rotatable bonds is 6. The minimum absolute atomic E-state index is 0.0246. The molecule has 3 heteroatoms. The average Bonchev–Trinajstić information content (AvgIpc) is 3.09. The van der Waals surface area contributed by atoms with Crippen molar-refractivity contribution in [3.63, 3.8) is 0 Å². The van der Waals surface area contributed by atoms with Gasteiger partial charge in [0.05, 0.1) is 12.2 Å². The van der Waals surface area contributed by atoms with Crippen LogP contribution in [-0.2, 0) is 4.74 Å². The predicted octanol–water partition coefficient (Wildman–Crippen LogP) is 2.27. The fraction of sp³-hybridized carbons (Fsp3) is 1.00. The van der Waals surface area contributed by atoms with Gasteiger partial charge >= 0.3 is 0 Å². The van der Waals surface area contributed by atoms with E-state index in [-0.39, 0.29) is 5.60 Å². The summed E-state index contributed by atoms with van der Waals surface area (Å²) in [5.41, 5.74) is 0.423. The van der Waals surface area contributed by atoms with Gasteiger partial charge in [-0.05, 0) is 38.5 Å². The van der Waals surface area contributed by atoms with Crippen molar-refractivity contribution in [1.82, 2.24) is 10.2 Å². The lowest BCUT2D eigenvalue weighted by Crippen LogP contribution is -2.52. The van der Waals surface area contributed by atoms with E-state index in [1.54, 1.807) is 0 Å². The minimum atomic E-state index is 0.0246. The predicted molar refractivity (Wildman–Crippen MR) is 75.9 cm³/mol. The van der Waals surface area contributed by atoms with Gasteiger partial charge in [0, 0.05) is 32.2 Å². The molecule has 2 fully saturated rings. The zero-order valence-corrected chi connectivity index (χ0v) is 12.6. The van der Waals surface area contributed by atoms with Crippen molar-refractivity contribution in [2.45, 2.75) is 58.6 Å². The average molecular weight is 254 g/mol. The second kappa shape index (κ2) is 5.48. The lowest BCUT2D eigenvalue weighted by atomic mass is 9.86. The van der Waals surface area contributed by atoms with Gasteiger partial charge in [-0.1, -0.05) is 13.8 Å². The Balaban J connectivity index is 1.83. The monoisotopic (exact) mass is 254 g/mol. The Morgan fingerprint density at radius 1 is 1.39 bits per heavy atom. The maximum Gasteiger partial charge on any atom is 0.0753 e. The Morgan fingerprint density at radius 3 is 2.67 bits per heavy atom. The van der Waals surface area contributed by atoms with Crippen molar-refractivity contribution in [3.05, 3.63) is 0 Å². The van der Waals surface area contributed by atoms with Crippen LogP contribution in [-0.4, -0.2) is 49.3 Å². The molecule has 1 aliphatic heterocycles. The van der Waals surface area contributed by atoms with Crippen LogP contribution in [0.4, 0.5) is 0 Å². The molecular weight excluding hydrogens is 224 g/mol. The van der Waals surface area contributed by atoms with E-state index in [4.69, 9.17) is 4.74 Å². The van der Waals surface area contributed by atoms with Gasteiger partial charge in [0.2, 0.25) is 0 Å². The highest BCUT2D eigenvalue weighted by Crippen LogP contribution is 2.27. The molecule has 0 aromatic heterocycles. The van der Waals surface area contributed by atoms with Crippen LogP contribution in [0, 0.1) is 5.41 Å². The van der Waals surface area contributed by atoms with Crippen molar-refractivity contribution in [3.8, 4) is 0 Å². The van der Waals surface area contributed by atoms with Gasteiger partial charge in [-0.2, -0.15) is 0 Å². The van der Waals surface area contributed by atoms with Crippen molar-refractivity contribution < 1.29 is 4.74 Å². The van der Waals surface area contributed by atoms with E-state index in [0.717, 1.165) is 32.3 Å². The third kappa shape index (κ3) is 4.22. The number of morpholine rings is 1. The summed E-state index contributed by atoms with van der Waals surface area (Å²) >= 11 is 0. The molecule has 1 saturated carbocycles. The molecule has 18 heavy (non-hydrogen) atoms. The molecule has 1 unspecified atom stereocenters. The zero-order valence-electron chi connectivity index (χ0n) is 12.6. The van der Waals surface area contributed by atoms with Crippen LogP contribution in [0.1, 0.15) is 47.0 Å². The molecule has 2 rings (SSSR count). The second-order valence-electron chi connectivity index (χ2n) is 7.14. The molecule has 2 aliphatic rings. The highest BCUT2D eigenvalue weighted by Gasteiger charge is 2.33. The smallest absolute Gasteiger partial charge is 0.0753 e. The van der Waals surface area contributed by atoms with Gasteiger partial charge in [-0.25, -0.2) is 0 Å². The van der Waals surface area contributed by atoms with Crippen LogP contribution in [0.2, 0.25) is 0 Å². The summed E-state index contributed by atoms with van der Waals surface area (Å²) in [5.74, 6) is 0. The van der Waals surface area contributed by atoms with E-state index in [1.165, 1.54) is 25.8 Å². The first-order chi connectivity index (χ1) is 8.42. The molecule has 0 aromatic carbocycles. The van der Waals surface area contributed by atoms with Crippen molar-refractivity contribution in [2.75, 3.05) is 32.8 Å². The maximum atomic E-state index is 5.79. The van der Waals surface area contributed by atoms with Gasteiger partial charge in [0.1, 0.15) is 0 Å². The summed E-state index contributed by atoms with van der Waals surface area (Å²) < 4.78 is 5.79. The van der Waals surface area contributed by atoms with Gasteiger partial charge < -0.3 is 10.1 Å². The largest absolute Gasteiger partial charge is 0.373 e. The van der Waals surface area contributed by atoms with Crippen LogP contribution in [0.25, 0.3) is 0 Å². The lowest BCUT2D eigenvalue weighted by molar-refractivity contribution is -0.0936. The Bertz CT molecular complexity index is 276. The third-order valence-corrected chi connectivity index (χ3v) is 4.36. The van der Waals surface area contributed by atoms with E-state index in [1.807, 2.05) is 0 Å². The molecule has 106 valence electrons. The molecule has 0 bridgehead atoms. The number of hydrogen-bond acceptors (Lipinski definition) is 3.